The number of hydrogen-bond donors (Lipinski definition) is 2. The predicted molar refractivity (Wildman–Crippen MR) is 95.5 cm³/mol. The van der Waals surface area contributed by atoms with Crippen LogP contribution in [0.5, 0.6) is 0 Å². The van der Waals surface area contributed by atoms with E-state index in [4.69, 9.17) is 0 Å². The normalized spacial score (nSPS) is 14.7. The largest absolute Gasteiger partial charge is 0.387 e. The summed E-state index contributed by atoms with van der Waals surface area (Å²) in [7, 11) is 0. The number of hydrogen-bond acceptors (Lipinski definition) is 3. The van der Waals surface area contributed by atoms with Crippen molar-refractivity contribution in [1.29, 1.82) is 0 Å². The first kappa shape index (κ1) is 17.4. The van der Waals surface area contributed by atoms with E-state index in [1.807, 2.05) is 54.8 Å². The van der Waals surface area contributed by atoms with E-state index in [2.05, 4.69) is 11.9 Å². The molecule has 0 aliphatic rings. The average molecular weight is 329 g/mol. The van der Waals surface area contributed by atoms with Gasteiger partial charge in [-0.3, -0.25) is 4.79 Å². The molecular weight excluding hydrogens is 306 g/mol. The van der Waals surface area contributed by atoms with E-state index in [9.17, 15) is 9.90 Å². The third-order valence-electron chi connectivity index (χ3n) is 3.77. The summed E-state index contributed by atoms with van der Waals surface area (Å²) in [6.07, 6.45) is 2.15. The molecule has 2 rings (SSSR count). The quantitative estimate of drug-likeness (QED) is 0.718. The first-order valence-corrected chi connectivity index (χ1v) is 8.66. The van der Waals surface area contributed by atoms with Gasteiger partial charge < -0.3 is 10.4 Å². The number of carbonyl (C=O) groups excluding carboxylic acids is 1. The highest BCUT2D eigenvalue weighted by atomic mass is 32.1. The van der Waals surface area contributed by atoms with Gasteiger partial charge in [0, 0.05) is 23.3 Å². The van der Waals surface area contributed by atoms with Crippen molar-refractivity contribution in [1.82, 2.24) is 5.32 Å². The van der Waals surface area contributed by atoms with Crippen LogP contribution in [0, 0.1) is 0 Å². The summed E-state index contributed by atoms with van der Waals surface area (Å²) in [5.41, 5.74) is 1.09. The van der Waals surface area contributed by atoms with E-state index in [0.29, 0.717) is 12.8 Å². The molecule has 122 valence electrons. The van der Waals surface area contributed by atoms with Gasteiger partial charge in [0.1, 0.15) is 0 Å². The third kappa shape index (κ3) is 5.34. The summed E-state index contributed by atoms with van der Waals surface area (Å²) in [6, 6.07) is 13.6. The Labute approximate surface area is 141 Å². The molecule has 1 aromatic heterocycles. The molecule has 0 fully saturated rings. The molecule has 3 nitrogen and oxygen atoms in total. The van der Waals surface area contributed by atoms with Gasteiger partial charge in [0.25, 0.3) is 0 Å². The Morgan fingerprint density at radius 1 is 1.30 bits per heavy atom. The molecule has 2 N–H and O–H groups in total. The second kappa shape index (κ2) is 8.65. The van der Waals surface area contributed by atoms with Crippen molar-refractivity contribution in [2.75, 3.05) is 0 Å². The van der Waals surface area contributed by atoms with E-state index in [1.54, 1.807) is 6.08 Å². The highest BCUT2D eigenvalue weighted by Gasteiger charge is 2.17. The molecular formula is C19H23NO2S. The SMILES string of the molecule is C=CC(CC(=O)NC(C)CC(O)c1cccs1)c1ccccc1. The number of aliphatic hydroxyl groups is 1. The second-order valence-electron chi connectivity index (χ2n) is 5.69. The summed E-state index contributed by atoms with van der Waals surface area (Å²) in [6.45, 7) is 5.75. The summed E-state index contributed by atoms with van der Waals surface area (Å²) >= 11 is 1.53. The zero-order chi connectivity index (χ0) is 16.7. The minimum Gasteiger partial charge on any atom is -0.387 e. The molecule has 1 aromatic carbocycles. The van der Waals surface area contributed by atoms with Crippen LogP contribution in [0.2, 0.25) is 0 Å². The van der Waals surface area contributed by atoms with Crippen LogP contribution in [0.4, 0.5) is 0 Å². The topological polar surface area (TPSA) is 49.3 Å². The van der Waals surface area contributed by atoms with Gasteiger partial charge in [-0.25, -0.2) is 0 Å². The van der Waals surface area contributed by atoms with Crippen molar-refractivity contribution in [2.45, 2.75) is 37.8 Å². The number of carbonyl (C=O) groups is 1. The molecule has 3 unspecified atom stereocenters. The van der Waals surface area contributed by atoms with Gasteiger partial charge in [-0.15, -0.1) is 17.9 Å². The molecule has 0 radical (unpaired) electrons. The lowest BCUT2D eigenvalue weighted by atomic mass is 9.95. The number of benzene rings is 1. The molecule has 4 heteroatoms. The first-order chi connectivity index (χ1) is 11.1. The van der Waals surface area contributed by atoms with Crippen LogP contribution in [-0.4, -0.2) is 17.1 Å². The Hall–Kier alpha value is -1.91. The standard InChI is InChI=1S/C19H23NO2S/c1-3-15(16-8-5-4-6-9-16)13-19(22)20-14(2)12-17(21)18-10-7-11-23-18/h3-11,14-15,17,21H,1,12-13H2,2H3,(H,20,22). The Morgan fingerprint density at radius 2 is 2.04 bits per heavy atom. The van der Waals surface area contributed by atoms with E-state index >= 15 is 0 Å². The summed E-state index contributed by atoms with van der Waals surface area (Å²) in [4.78, 5) is 13.2. The minimum absolute atomic E-state index is 0.00520. The van der Waals surface area contributed by atoms with Crippen LogP contribution in [0.1, 0.15) is 42.2 Å². The lowest BCUT2D eigenvalue weighted by Crippen LogP contribution is -2.34. The molecule has 0 saturated carbocycles. The molecule has 1 amide bonds. The van der Waals surface area contributed by atoms with Crippen LogP contribution >= 0.6 is 11.3 Å². The Bertz CT molecular complexity index is 610. The van der Waals surface area contributed by atoms with Gasteiger partial charge in [-0.05, 0) is 30.4 Å². The zero-order valence-corrected chi connectivity index (χ0v) is 14.1. The van der Waals surface area contributed by atoms with Crippen molar-refractivity contribution < 1.29 is 9.90 Å². The molecule has 3 atom stereocenters. The van der Waals surface area contributed by atoms with Crippen molar-refractivity contribution in [3.05, 3.63) is 70.9 Å². The number of aliphatic hydroxyl groups excluding tert-OH is 1. The highest BCUT2D eigenvalue weighted by Crippen LogP contribution is 2.23. The Balaban J connectivity index is 1.84. The van der Waals surface area contributed by atoms with Gasteiger partial charge in [0.2, 0.25) is 5.91 Å². The monoisotopic (exact) mass is 329 g/mol. The van der Waals surface area contributed by atoms with Crippen molar-refractivity contribution >= 4 is 17.2 Å². The van der Waals surface area contributed by atoms with Gasteiger partial charge in [0.15, 0.2) is 0 Å². The second-order valence-corrected chi connectivity index (χ2v) is 6.67. The molecule has 0 bridgehead atoms. The van der Waals surface area contributed by atoms with Gasteiger partial charge in [0.05, 0.1) is 6.10 Å². The fourth-order valence-electron chi connectivity index (χ4n) is 2.56. The lowest BCUT2D eigenvalue weighted by molar-refractivity contribution is -0.122. The van der Waals surface area contributed by atoms with Gasteiger partial charge in [-0.2, -0.15) is 0 Å². The number of thiophene rings is 1. The molecule has 1 heterocycles. The zero-order valence-electron chi connectivity index (χ0n) is 13.3. The van der Waals surface area contributed by atoms with E-state index in [0.717, 1.165) is 10.4 Å². The molecule has 0 aliphatic heterocycles. The first-order valence-electron chi connectivity index (χ1n) is 7.78. The lowest BCUT2D eigenvalue weighted by Gasteiger charge is -2.19. The highest BCUT2D eigenvalue weighted by molar-refractivity contribution is 7.10. The molecule has 23 heavy (non-hydrogen) atoms. The van der Waals surface area contributed by atoms with Crippen LogP contribution in [-0.2, 0) is 4.79 Å². The fraction of sp³-hybridized carbons (Fsp3) is 0.316. The third-order valence-corrected chi connectivity index (χ3v) is 4.75. The van der Waals surface area contributed by atoms with Crippen molar-refractivity contribution in [2.24, 2.45) is 0 Å². The smallest absolute Gasteiger partial charge is 0.221 e. The van der Waals surface area contributed by atoms with Crippen LogP contribution in [0.15, 0.2) is 60.5 Å². The molecule has 0 spiro atoms. The van der Waals surface area contributed by atoms with Crippen LogP contribution in [0.3, 0.4) is 0 Å². The van der Waals surface area contributed by atoms with E-state index < -0.39 is 6.10 Å². The summed E-state index contributed by atoms with van der Waals surface area (Å²) < 4.78 is 0. The maximum atomic E-state index is 12.2. The predicted octanol–water partition coefficient (Wildman–Crippen LogP) is 4.04. The maximum absolute atomic E-state index is 12.2. The van der Waals surface area contributed by atoms with Crippen molar-refractivity contribution in [3.8, 4) is 0 Å². The Morgan fingerprint density at radius 3 is 2.65 bits per heavy atom. The summed E-state index contributed by atoms with van der Waals surface area (Å²) in [5, 5.41) is 15.0. The Kier molecular flexibility index (Phi) is 6.56. The van der Waals surface area contributed by atoms with Crippen LogP contribution in [0.25, 0.3) is 0 Å². The minimum atomic E-state index is -0.533. The average Bonchev–Trinajstić information content (AvgIpc) is 3.07. The van der Waals surface area contributed by atoms with Gasteiger partial charge >= 0.3 is 0 Å². The fourth-order valence-corrected chi connectivity index (χ4v) is 3.29. The molecule has 0 saturated heterocycles. The maximum Gasteiger partial charge on any atom is 0.221 e. The molecule has 0 aliphatic carbocycles. The number of rotatable bonds is 8. The number of nitrogens with one attached hydrogen (secondary N) is 1. The van der Waals surface area contributed by atoms with E-state index in [1.165, 1.54) is 11.3 Å². The number of amides is 1. The van der Waals surface area contributed by atoms with E-state index in [-0.39, 0.29) is 17.9 Å². The molecule has 2 aromatic rings. The van der Waals surface area contributed by atoms with Crippen molar-refractivity contribution in [3.63, 3.8) is 0 Å². The van der Waals surface area contributed by atoms with Gasteiger partial charge in [-0.1, -0.05) is 42.5 Å². The number of allylic oxidation sites excluding steroid dienone is 1. The summed E-state index contributed by atoms with van der Waals surface area (Å²) in [5.74, 6) is -0.0183. The van der Waals surface area contributed by atoms with Crippen LogP contribution < -0.4 is 5.32 Å².